The second-order valence-corrected chi connectivity index (χ2v) is 8.76. The van der Waals surface area contributed by atoms with Gasteiger partial charge in [0.25, 0.3) is 5.56 Å². The topological polar surface area (TPSA) is 78.9 Å². The third-order valence-electron chi connectivity index (χ3n) is 5.46. The lowest BCUT2D eigenvalue weighted by molar-refractivity contribution is 0.0973. The molecule has 0 unspecified atom stereocenters. The van der Waals surface area contributed by atoms with Gasteiger partial charge in [0.2, 0.25) is 0 Å². The number of carbonyl (C=O) groups excluding carboxylic acids is 1. The maximum Gasteiger partial charge on any atom is 0.337 e. The van der Waals surface area contributed by atoms with E-state index in [2.05, 4.69) is 4.98 Å². The summed E-state index contributed by atoms with van der Waals surface area (Å²) in [7, 11) is 0. The van der Waals surface area contributed by atoms with Gasteiger partial charge in [-0.05, 0) is 48.7 Å². The zero-order valence-electron chi connectivity index (χ0n) is 18.5. The minimum absolute atomic E-state index is 0.0330. The van der Waals surface area contributed by atoms with Crippen molar-refractivity contribution in [3.05, 3.63) is 91.9 Å². The molecule has 4 rings (SSSR count). The second-order valence-electron chi connectivity index (χ2n) is 8.33. The van der Waals surface area contributed by atoms with E-state index in [0.717, 1.165) is 21.3 Å². The molecule has 0 bridgehead atoms. The number of rotatable bonds is 7. The van der Waals surface area contributed by atoms with Gasteiger partial charge < -0.3 is 4.57 Å². The van der Waals surface area contributed by atoms with E-state index < -0.39 is 22.9 Å². The van der Waals surface area contributed by atoms with Gasteiger partial charge in [0.15, 0.2) is 16.9 Å². The number of hydrogen-bond donors (Lipinski definition) is 0. The normalized spacial score (nSPS) is 11.5. The van der Waals surface area contributed by atoms with Crippen molar-refractivity contribution < 1.29 is 13.6 Å². The average Bonchev–Trinajstić information content (AvgIpc) is 3.18. The number of aromatic nitrogens is 4. The highest BCUT2D eigenvalue weighted by Crippen LogP contribution is 2.18. The third kappa shape index (κ3) is 4.43. The Morgan fingerprint density at radius 3 is 2.44 bits per heavy atom. The molecule has 0 saturated carbocycles. The number of halogens is 3. The van der Waals surface area contributed by atoms with E-state index in [9.17, 15) is 23.2 Å². The molecule has 0 aliphatic heterocycles. The molecule has 0 N–H and O–H groups in total. The number of carbonyl (C=O) groups is 1. The van der Waals surface area contributed by atoms with E-state index in [0.29, 0.717) is 23.1 Å². The summed E-state index contributed by atoms with van der Waals surface area (Å²) in [4.78, 5) is 43.6. The molecule has 0 aliphatic rings. The van der Waals surface area contributed by atoms with Gasteiger partial charge in [-0.15, -0.1) is 0 Å². The van der Waals surface area contributed by atoms with Crippen LogP contribution in [0, 0.1) is 17.6 Å². The molecule has 2 aromatic heterocycles. The lowest BCUT2D eigenvalue weighted by Crippen LogP contribution is -2.40. The Balaban J connectivity index is 1.92. The van der Waals surface area contributed by atoms with Crippen molar-refractivity contribution in [2.75, 3.05) is 0 Å². The molecule has 4 aromatic rings. The zero-order chi connectivity index (χ0) is 24.6. The van der Waals surface area contributed by atoms with Crippen molar-refractivity contribution in [1.82, 2.24) is 18.7 Å². The third-order valence-corrected chi connectivity index (χ3v) is 5.71. The van der Waals surface area contributed by atoms with Gasteiger partial charge in [-0.2, -0.15) is 0 Å². The molecule has 10 heteroatoms. The maximum atomic E-state index is 14.7. The minimum Gasteiger partial charge on any atom is -0.317 e. The minimum atomic E-state index is -0.982. The van der Waals surface area contributed by atoms with Crippen LogP contribution in [0.25, 0.3) is 16.9 Å². The predicted octanol–water partition coefficient (Wildman–Crippen LogP) is 4.21. The number of fused-ring (bicyclic) bond motifs is 1. The fourth-order valence-corrected chi connectivity index (χ4v) is 3.77. The van der Waals surface area contributed by atoms with Gasteiger partial charge in [0.05, 0.1) is 18.6 Å². The SMILES string of the molecule is CC(C)CCn1c(=O)c2c(ncn2CC(=O)c2ccc(Cl)cc2)n(-c2ccc(F)cc2F)c1=O. The van der Waals surface area contributed by atoms with Crippen LogP contribution in [0.5, 0.6) is 0 Å². The summed E-state index contributed by atoms with van der Waals surface area (Å²) in [5.74, 6) is -1.91. The zero-order valence-corrected chi connectivity index (χ0v) is 19.2. The molecule has 34 heavy (non-hydrogen) atoms. The summed E-state index contributed by atoms with van der Waals surface area (Å²) in [5.41, 5.74) is -1.45. The van der Waals surface area contributed by atoms with Gasteiger partial charge in [0, 0.05) is 23.2 Å². The summed E-state index contributed by atoms with van der Waals surface area (Å²) in [5, 5.41) is 0.475. The molecule has 0 aliphatic carbocycles. The van der Waals surface area contributed by atoms with Crippen LogP contribution in [0.15, 0.2) is 58.4 Å². The molecule has 2 heterocycles. The lowest BCUT2D eigenvalue weighted by Gasteiger charge is -2.14. The summed E-state index contributed by atoms with van der Waals surface area (Å²) >= 11 is 5.88. The van der Waals surface area contributed by atoms with E-state index in [1.807, 2.05) is 13.8 Å². The monoisotopic (exact) mass is 486 g/mol. The number of Topliss-reactive ketones (excluding diaryl/α,β-unsaturated/α-hetero) is 1. The van der Waals surface area contributed by atoms with Crippen molar-refractivity contribution in [2.45, 2.75) is 33.4 Å². The molecule has 0 radical (unpaired) electrons. The molecular formula is C24H21ClF2N4O3. The van der Waals surface area contributed by atoms with E-state index in [4.69, 9.17) is 11.6 Å². The summed E-state index contributed by atoms with van der Waals surface area (Å²) < 4.78 is 31.5. The quantitative estimate of drug-likeness (QED) is 0.367. The standard InChI is InChI=1S/C24H21ClF2N4O3/c1-14(2)9-10-30-23(33)21-22(31(24(30)34)19-8-7-17(26)11-18(19)27)28-13-29(21)12-20(32)15-3-5-16(25)6-4-15/h3-8,11,13-14H,9-10,12H2,1-2H3. The van der Waals surface area contributed by atoms with Crippen LogP contribution in [0.1, 0.15) is 30.6 Å². The molecule has 0 atom stereocenters. The predicted molar refractivity (Wildman–Crippen MR) is 125 cm³/mol. The van der Waals surface area contributed by atoms with Gasteiger partial charge in [-0.25, -0.2) is 23.1 Å². The van der Waals surface area contributed by atoms with E-state index >= 15 is 0 Å². The van der Waals surface area contributed by atoms with Crippen molar-refractivity contribution in [1.29, 1.82) is 0 Å². The van der Waals surface area contributed by atoms with Gasteiger partial charge in [-0.3, -0.25) is 14.2 Å². The molecule has 0 fully saturated rings. The lowest BCUT2D eigenvalue weighted by atomic mass is 10.1. The molecule has 0 saturated heterocycles. The number of ketones is 1. The first kappa shape index (κ1) is 23.6. The van der Waals surface area contributed by atoms with Crippen molar-refractivity contribution in [3.8, 4) is 5.69 Å². The van der Waals surface area contributed by atoms with Gasteiger partial charge >= 0.3 is 5.69 Å². The number of nitrogens with zero attached hydrogens (tertiary/aromatic N) is 4. The molecular weight excluding hydrogens is 466 g/mol. The Kier molecular flexibility index (Phi) is 6.47. The van der Waals surface area contributed by atoms with Crippen molar-refractivity contribution >= 4 is 28.5 Å². The average molecular weight is 487 g/mol. The largest absolute Gasteiger partial charge is 0.337 e. The first-order valence-electron chi connectivity index (χ1n) is 10.6. The summed E-state index contributed by atoms with van der Waals surface area (Å²) in [6.45, 7) is 3.74. The first-order chi connectivity index (χ1) is 16.2. The van der Waals surface area contributed by atoms with Crippen molar-refractivity contribution in [3.63, 3.8) is 0 Å². The molecule has 2 aromatic carbocycles. The van der Waals surface area contributed by atoms with E-state index in [-0.39, 0.29) is 41.6 Å². The fraction of sp³-hybridized carbons (Fsp3) is 0.250. The molecule has 176 valence electrons. The summed E-state index contributed by atoms with van der Waals surface area (Å²) in [6.07, 6.45) is 1.77. The van der Waals surface area contributed by atoms with Gasteiger partial charge in [0.1, 0.15) is 11.6 Å². The molecule has 7 nitrogen and oxygen atoms in total. The van der Waals surface area contributed by atoms with Gasteiger partial charge in [-0.1, -0.05) is 25.4 Å². The van der Waals surface area contributed by atoms with Crippen LogP contribution in [-0.4, -0.2) is 24.5 Å². The Morgan fingerprint density at radius 1 is 1.09 bits per heavy atom. The maximum absolute atomic E-state index is 14.7. The van der Waals surface area contributed by atoms with Crippen LogP contribution in [-0.2, 0) is 13.1 Å². The van der Waals surface area contributed by atoms with Crippen LogP contribution in [0.2, 0.25) is 5.02 Å². The van der Waals surface area contributed by atoms with Crippen molar-refractivity contribution in [2.24, 2.45) is 5.92 Å². The molecule has 0 amide bonds. The highest BCUT2D eigenvalue weighted by atomic mass is 35.5. The smallest absolute Gasteiger partial charge is 0.317 e. The Hall–Kier alpha value is -3.59. The van der Waals surface area contributed by atoms with Crippen LogP contribution >= 0.6 is 11.6 Å². The van der Waals surface area contributed by atoms with Crippen LogP contribution in [0.3, 0.4) is 0 Å². The highest BCUT2D eigenvalue weighted by Gasteiger charge is 2.22. The van der Waals surface area contributed by atoms with E-state index in [1.54, 1.807) is 24.3 Å². The van der Waals surface area contributed by atoms with Crippen LogP contribution in [0.4, 0.5) is 8.78 Å². The Labute approximate surface area is 197 Å². The Bertz CT molecular complexity index is 1500. The number of hydrogen-bond acceptors (Lipinski definition) is 4. The van der Waals surface area contributed by atoms with E-state index in [1.165, 1.54) is 10.9 Å². The summed E-state index contributed by atoms with van der Waals surface area (Å²) in [6, 6.07) is 9.06. The van der Waals surface area contributed by atoms with Crippen LogP contribution < -0.4 is 11.2 Å². The molecule has 0 spiro atoms. The first-order valence-corrected chi connectivity index (χ1v) is 11.0. The Morgan fingerprint density at radius 2 is 1.79 bits per heavy atom. The second kappa shape index (κ2) is 9.34. The number of benzene rings is 2. The fourth-order valence-electron chi connectivity index (χ4n) is 3.65. The highest BCUT2D eigenvalue weighted by molar-refractivity contribution is 6.30. The number of imidazole rings is 1.